The summed E-state index contributed by atoms with van der Waals surface area (Å²) in [6.45, 7) is 2.25. The van der Waals surface area contributed by atoms with Crippen molar-refractivity contribution in [3.63, 3.8) is 0 Å². The highest BCUT2D eigenvalue weighted by Gasteiger charge is 2.54. The van der Waals surface area contributed by atoms with E-state index in [1.54, 1.807) is 6.08 Å². The van der Waals surface area contributed by atoms with Gasteiger partial charge >= 0.3 is 0 Å². The summed E-state index contributed by atoms with van der Waals surface area (Å²) in [5.74, 6) is 0.235. The largest absolute Gasteiger partial charge is 0.355 e. The molecule has 6 aromatic rings. The van der Waals surface area contributed by atoms with Crippen LogP contribution >= 0.6 is 0 Å². The number of rotatable bonds is 0. The van der Waals surface area contributed by atoms with E-state index in [-0.39, 0.29) is 11.7 Å². The summed E-state index contributed by atoms with van der Waals surface area (Å²) in [4.78, 5) is 26.0. The molecule has 186 valence electrons. The van der Waals surface area contributed by atoms with Gasteiger partial charge in [0.1, 0.15) is 5.41 Å². The third-order valence-electron chi connectivity index (χ3n) is 9.19. The second-order valence-corrected chi connectivity index (χ2v) is 10.9. The zero-order chi connectivity index (χ0) is 26.0. The quantitative estimate of drug-likeness (QED) is 0.254. The Hall–Kier alpha value is -4.90. The Balaban J connectivity index is 1.54. The van der Waals surface area contributed by atoms with Gasteiger partial charge in [0.2, 0.25) is 0 Å². The molecule has 5 nitrogen and oxygen atoms in total. The number of fused-ring (bicyclic) bond motifs is 11. The van der Waals surface area contributed by atoms with Crippen LogP contribution in [0.1, 0.15) is 46.5 Å². The van der Waals surface area contributed by atoms with Crippen LogP contribution < -0.4 is 10.3 Å². The molecule has 0 radical (unpaired) electrons. The number of ketones is 1. The van der Waals surface area contributed by atoms with Gasteiger partial charge in [-0.05, 0) is 47.5 Å². The minimum atomic E-state index is -1.06. The molecule has 5 heterocycles. The molecule has 3 aromatic carbocycles. The number of H-pyrrole nitrogens is 1. The summed E-state index contributed by atoms with van der Waals surface area (Å²) < 4.78 is 2.25. The standard InChI is InChI=1S/C34H24N4O/c1-19-20-9-3-6-12-24(20)35-30-29-27(38-18-17-21(19)31(30)38)15-16-28(39)34(29)23-11-5-8-14-26(23)37(2)32-22-10-4-7-13-25(22)36-33(32)34/h3-19,36H,1-2H3. The third-order valence-corrected chi connectivity index (χ3v) is 9.19. The number of hydrogen-bond acceptors (Lipinski definition) is 3. The maximum Gasteiger partial charge on any atom is 0.176 e. The summed E-state index contributed by atoms with van der Waals surface area (Å²) in [6.07, 6.45) is 5.90. The molecule has 0 saturated heterocycles. The van der Waals surface area contributed by atoms with Crippen molar-refractivity contribution in [2.45, 2.75) is 18.3 Å². The van der Waals surface area contributed by atoms with Gasteiger partial charge in [-0.25, -0.2) is 4.99 Å². The topological polar surface area (TPSA) is 52.9 Å². The molecule has 2 atom stereocenters. The number of aromatic amines is 1. The first-order valence-electron chi connectivity index (χ1n) is 13.4. The molecular formula is C34H24N4O. The Kier molecular flexibility index (Phi) is 3.75. The highest BCUT2D eigenvalue weighted by Crippen LogP contribution is 2.56. The van der Waals surface area contributed by atoms with E-state index in [2.05, 4.69) is 95.1 Å². The summed E-state index contributed by atoms with van der Waals surface area (Å²) in [6, 6.07) is 27.3. The number of hydrogen-bond donors (Lipinski definition) is 1. The fourth-order valence-electron chi connectivity index (χ4n) is 7.50. The lowest BCUT2D eigenvalue weighted by Gasteiger charge is -2.42. The molecule has 5 heteroatoms. The van der Waals surface area contributed by atoms with Crippen LogP contribution in [0.2, 0.25) is 0 Å². The zero-order valence-corrected chi connectivity index (χ0v) is 21.6. The van der Waals surface area contributed by atoms with Crippen LogP contribution in [-0.2, 0) is 10.2 Å². The summed E-state index contributed by atoms with van der Waals surface area (Å²) in [5, 5.41) is 2.00. The van der Waals surface area contributed by atoms with Gasteiger partial charge in [-0.2, -0.15) is 0 Å². The van der Waals surface area contributed by atoms with Crippen LogP contribution in [0.15, 0.2) is 96.1 Å². The van der Waals surface area contributed by atoms with Gasteiger partial charge in [0.15, 0.2) is 5.78 Å². The number of nitrogens with one attached hydrogen (secondary N) is 1. The number of carbonyl (C=O) groups is 1. The van der Waals surface area contributed by atoms with Gasteiger partial charge in [0, 0.05) is 46.9 Å². The number of allylic oxidation sites excluding steroid dienone is 1. The van der Waals surface area contributed by atoms with E-state index in [9.17, 15) is 4.79 Å². The molecule has 0 fully saturated rings. The minimum Gasteiger partial charge on any atom is -0.355 e. The van der Waals surface area contributed by atoms with E-state index in [1.165, 1.54) is 11.1 Å². The van der Waals surface area contributed by atoms with E-state index < -0.39 is 5.41 Å². The maximum absolute atomic E-state index is 14.6. The third kappa shape index (κ3) is 2.30. The molecule has 0 amide bonds. The number of anilines is 2. The van der Waals surface area contributed by atoms with Gasteiger partial charge < -0.3 is 14.3 Å². The van der Waals surface area contributed by atoms with Crippen LogP contribution in [-0.4, -0.2) is 22.2 Å². The Morgan fingerprint density at radius 1 is 0.897 bits per heavy atom. The van der Waals surface area contributed by atoms with Crippen molar-refractivity contribution in [1.82, 2.24) is 9.38 Å². The predicted molar refractivity (Wildman–Crippen MR) is 154 cm³/mol. The molecule has 9 rings (SSSR count). The van der Waals surface area contributed by atoms with E-state index in [0.717, 1.165) is 61.4 Å². The number of benzene rings is 3. The average Bonchev–Trinajstić information content (AvgIpc) is 3.63. The van der Waals surface area contributed by atoms with Crippen LogP contribution in [0.5, 0.6) is 0 Å². The highest BCUT2D eigenvalue weighted by molar-refractivity contribution is 6.15. The molecule has 1 aliphatic carbocycles. The lowest BCUT2D eigenvalue weighted by atomic mass is 9.64. The van der Waals surface area contributed by atoms with Crippen LogP contribution in [0, 0.1) is 0 Å². The fourth-order valence-corrected chi connectivity index (χ4v) is 7.50. The Morgan fingerprint density at radius 2 is 1.69 bits per heavy atom. The molecule has 1 N–H and O–H groups in total. The molecule has 0 bridgehead atoms. The molecule has 3 aromatic heterocycles. The van der Waals surface area contributed by atoms with Crippen molar-refractivity contribution >= 4 is 45.3 Å². The molecule has 0 saturated carbocycles. The van der Waals surface area contributed by atoms with E-state index >= 15 is 0 Å². The summed E-state index contributed by atoms with van der Waals surface area (Å²) >= 11 is 0. The van der Waals surface area contributed by atoms with Crippen molar-refractivity contribution in [2.24, 2.45) is 4.99 Å². The normalized spacial score (nSPS) is 20.5. The van der Waals surface area contributed by atoms with Crippen LogP contribution in [0.3, 0.4) is 0 Å². The maximum atomic E-state index is 14.6. The minimum absolute atomic E-state index is 0.0511. The Labute approximate surface area is 224 Å². The lowest BCUT2D eigenvalue weighted by molar-refractivity contribution is -0.117. The Morgan fingerprint density at radius 3 is 2.62 bits per heavy atom. The molecule has 2 unspecified atom stereocenters. The van der Waals surface area contributed by atoms with Crippen molar-refractivity contribution in [2.75, 3.05) is 11.9 Å². The Bertz CT molecular complexity index is 2140. The second kappa shape index (κ2) is 6.94. The van der Waals surface area contributed by atoms with E-state index in [0.29, 0.717) is 0 Å². The van der Waals surface area contributed by atoms with Gasteiger partial charge in [0.25, 0.3) is 0 Å². The number of nitrogens with zero attached hydrogens (tertiary/aromatic N) is 3. The first kappa shape index (κ1) is 21.1. The number of para-hydroxylation sites is 3. The predicted octanol–water partition coefficient (Wildman–Crippen LogP) is 6.57. The van der Waals surface area contributed by atoms with E-state index in [4.69, 9.17) is 4.99 Å². The molecule has 1 spiro atoms. The monoisotopic (exact) mass is 504 g/mol. The molecule has 3 aliphatic rings. The van der Waals surface area contributed by atoms with Crippen molar-refractivity contribution in [3.8, 4) is 0 Å². The van der Waals surface area contributed by atoms with Gasteiger partial charge in [-0.15, -0.1) is 0 Å². The van der Waals surface area contributed by atoms with E-state index in [1.807, 2.05) is 24.3 Å². The van der Waals surface area contributed by atoms with Gasteiger partial charge in [0.05, 0.1) is 33.6 Å². The average molecular weight is 505 g/mol. The van der Waals surface area contributed by atoms with Crippen molar-refractivity contribution in [3.05, 3.63) is 130 Å². The summed E-state index contributed by atoms with van der Waals surface area (Å²) in [5.41, 5.74) is 10.4. The van der Waals surface area contributed by atoms with Crippen molar-refractivity contribution in [1.29, 1.82) is 0 Å². The number of carbonyl (C=O) groups excluding carboxylic acids is 1. The van der Waals surface area contributed by atoms with Crippen molar-refractivity contribution < 1.29 is 4.79 Å². The number of aromatic nitrogens is 2. The molecular weight excluding hydrogens is 480 g/mol. The first-order chi connectivity index (χ1) is 19.1. The van der Waals surface area contributed by atoms with Crippen LogP contribution in [0.4, 0.5) is 17.1 Å². The van der Waals surface area contributed by atoms with Crippen LogP contribution in [0.25, 0.3) is 22.5 Å². The first-order valence-corrected chi connectivity index (χ1v) is 13.4. The summed E-state index contributed by atoms with van der Waals surface area (Å²) in [7, 11) is 2.10. The second-order valence-electron chi connectivity index (χ2n) is 10.9. The smallest absolute Gasteiger partial charge is 0.176 e. The zero-order valence-electron chi connectivity index (χ0n) is 21.6. The van der Waals surface area contributed by atoms with Gasteiger partial charge in [-0.1, -0.05) is 61.5 Å². The van der Waals surface area contributed by atoms with Gasteiger partial charge in [-0.3, -0.25) is 4.79 Å². The SMILES string of the molecule is CC1c2ccccc2N=c2c3c(n4ccc1c24)C=CC(=O)C31c2ccccc2N(C)c2c1[nH]c1ccccc21. The fraction of sp³-hybridized carbons (Fsp3) is 0.118. The molecule has 39 heavy (non-hydrogen) atoms. The lowest BCUT2D eigenvalue weighted by Crippen LogP contribution is -2.46. The molecule has 2 aliphatic heterocycles. The highest BCUT2D eigenvalue weighted by atomic mass is 16.1.